The number of aliphatic hydroxyl groups is 1. The van der Waals surface area contributed by atoms with E-state index in [1.54, 1.807) is 0 Å². The zero-order chi connectivity index (χ0) is 16.9. The molecule has 0 unspecified atom stereocenters. The molecule has 2 aliphatic heterocycles. The number of amides is 1. The van der Waals surface area contributed by atoms with E-state index in [1.165, 1.54) is 0 Å². The van der Waals surface area contributed by atoms with Crippen molar-refractivity contribution in [2.45, 2.75) is 38.1 Å². The number of likely N-dealkylation sites (tertiary alicyclic amines) is 1. The predicted molar refractivity (Wildman–Crippen MR) is 94.2 cm³/mol. The van der Waals surface area contributed by atoms with Crippen molar-refractivity contribution in [1.82, 2.24) is 4.90 Å². The molecule has 0 bridgehead atoms. The Hall–Kier alpha value is -1.95. The summed E-state index contributed by atoms with van der Waals surface area (Å²) in [5, 5.41) is 8.81. The topological polar surface area (TPSA) is 79.0 Å². The Balaban J connectivity index is 1.59. The maximum Gasteiger partial charge on any atom is 0.222 e. The van der Waals surface area contributed by atoms with E-state index in [0.29, 0.717) is 29.8 Å². The second kappa shape index (κ2) is 7.75. The summed E-state index contributed by atoms with van der Waals surface area (Å²) in [6.07, 6.45) is 4.87. The minimum Gasteiger partial charge on any atom is -0.491 e. The third-order valence-electron chi connectivity index (χ3n) is 4.96. The number of aliphatic hydroxyl groups excluding tert-OH is 1. The Morgan fingerprint density at radius 3 is 2.67 bits per heavy atom. The van der Waals surface area contributed by atoms with Gasteiger partial charge in [0.2, 0.25) is 5.91 Å². The van der Waals surface area contributed by atoms with Crippen LogP contribution in [0.2, 0.25) is 0 Å². The van der Waals surface area contributed by atoms with Crippen LogP contribution in [0.4, 0.5) is 11.4 Å². The Kier molecular flexibility index (Phi) is 5.45. The smallest absolute Gasteiger partial charge is 0.222 e. The first-order chi connectivity index (χ1) is 11.7. The van der Waals surface area contributed by atoms with Crippen molar-refractivity contribution in [2.24, 2.45) is 0 Å². The number of hydrogen-bond donors (Lipinski definition) is 2. The van der Waals surface area contributed by atoms with Gasteiger partial charge in [-0.2, -0.15) is 0 Å². The lowest BCUT2D eigenvalue weighted by Crippen LogP contribution is -2.49. The van der Waals surface area contributed by atoms with Crippen LogP contribution in [0.1, 0.15) is 32.1 Å². The van der Waals surface area contributed by atoms with Gasteiger partial charge in [0.05, 0.1) is 18.0 Å². The fourth-order valence-electron chi connectivity index (χ4n) is 3.71. The molecule has 2 heterocycles. The zero-order valence-electron chi connectivity index (χ0n) is 14.1. The van der Waals surface area contributed by atoms with Gasteiger partial charge < -0.3 is 25.4 Å². The third kappa shape index (κ3) is 3.75. The molecular weight excluding hydrogens is 306 g/mol. The van der Waals surface area contributed by atoms with Crippen LogP contribution < -0.4 is 15.4 Å². The van der Waals surface area contributed by atoms with Crippen LogP contribution in [-0.4, -0.2) is 54.8 Å². The first kappa shape index (κ1) is 16.9. The molecule has 3 rings (SSSR count). The molecule has 0 aromatic heterocycles. The lowest BCUT2D eigenvalue weighted by atomic mass is 9.99. The van der Waals surface area contributed by atoms with Crippen molar-refractivity contribution < 1.29 is 14.6 Å². The molecule has 24 heavy (non-hydrogen) atoms. The average molecular weight is 333 g/mol. The molecule has 132 valence electrons. The molecule has 0 spiro atoms. The summed E-state index contributed by atoms with van der Waals surface area (Å²) in [6.45, 7) is 3.01. The number of nitrogen functional groups attached to an aromatic ring is 1. The Morgan fingerprint density at radius 1 is 1.21 bits per heavy atom. The van der Waals surface area contributed by atoms with Crippen LogP contribution in [0.3, 0.4) is 0 Å². The molecule has 2 fully saturated rings. The van der Waals surface area contributed by atoms with Gasteiger partial charge in [-0.3, -0.25) is 4.79 Å². The summed E-state index contributed by atoms with van der Waals surface area (Å²) in [4.78, 5) is 16.5. The first-order valence-electron chi connectivity index (χ1n) is 8.86. The summed E-state index contributed by atoms with van der Waals surface area (Å²) in [5.41, 5.74) is 7.89. The summed E-state index contributed by atoms with van der Waals surface area (Å²) < 4.78 is 5.39. The highest BCUT2D eigenvalue weighted by atomic mass is 16.5. The highest BCUT2D eigenvalue weighted by Gasteiger charge is 2.29. The standard InChI is InChI=1S/C18H27N3O3/c19-16-13-15(24-12-11-22)4-5-17(16)20-9-6-14(7-10-20)21-8-2-1-3-18(21)23/h4-5,13-14,22H,1-3,6-12,19H2. The average Bonchev–Trinajstić information content (AvgIpc) is 2.61. The highest BCUT2D eigenvalue weighted by molar-refractivity contribution is 5.77. The predicted octanol–water partition coefficient (Wildman–Crippen LogP) is 1.62. The fraction of sp³-hybridized carbons (Fsp3) is 0.611. The van der Waals surface area contributed by atoms with E-state index in [9.17, 15) is 4.79 Å². The number of piperidine rings is 2. The minimum atomic E-state index is -0.00953. The normalized spacial score (nSPS) is 19.6. The second-order valence-electron chi connectivity index (χ2n) is 6.56. The lowest BCUT2D eigenvalue weighted by molar-refractivity contribution is -0.136. The van der Waals surface area contributed by atoms with Crippen molar-refractivity contribution in [1.29, 1.82) is 0 Å². The monoisotopic (exact) mass is 333 g/mol. The van der Waals surface area contributed by atoms with Gasteiger partial charge in [-0.1, -0.05) is 0 Å². The van der Waals surface area contributed by atoms with Gasteiger partial charge >= 0.3 is 0 Å². The van der Waals surface area contributed by atoms with E-state index in [-0.39, 0.29) is 13.2 Å². The van der Waals surface area contributed by atoms with Gasteiger partial charge in [-0.05, 0) is 37.8 Å². The Labute approximate surface area is 143 Å². The number of carbonyl (C=O) groups is 1. The van der Waals surface area contributed by atoms with Crippen LogP contribution in [0.15, 0.2) is 18.2 Å². The molecule has 0 aliphatic carbocycles. The molecule has 3 N–H and O–H groups in total. The highest BCUT2D eigenvalue weighted by Crippen LogP contribution is 2.31. The number of benzene rings is 1. The number of hydrogen-bond acceptors (Lipinski definition) is 5. The van der Waals surface area contributed by atoms with E-state index in [2.05, 4.69) is 9.80 Å². The molecular formula is C18H27N3O3. The van der Waals surface area contributed by atoms with Crippen molar-refractivity contribution >= 4 is 17.3 Å². The van der Waals surface area contributed by atoms with E-state index in [0.717, 1.165) is 51.0 Å². The zero-order valence-corrected chi connectivity index (χ0v) is 14.1. The second-order valence-corrected chi connectivity index (χ2v) is 6.56. The number of nitrogens with two attached hydrogens (primary N) is 1. The van der Waals surface area contributed by atoms with Crippen molar-refractivity contribution in [3.05, 3.63) is 18.2 Å². The van der Waals surface area contributed by atoms with Crippen molar-refractivity contribution in [3.63, 3.8) is 0 Å². The van der Waals surface area contributed by atoms with Gasteiger partial charge in [0, 0.05) is 38.2 Å². The molecule has 1 aromatic carbocycles. The van der Waals surface area contributed by atoms with E-state index in [1.807, 2.05) is 18.2 Å². The van der Waals surface area contributed by atoms with Crippen molar-refractivity contribution in [2.75, 3.05) is 43.5 Å². The lowest BCUT2D eigenvalue weighted by Gasteiger charge is -2.41. The number of anilines is 2. The Morgan fingerprint density at radius 2 is 2.00 bits per heavy atom. The van der Waals surface area contributed by atoms with E-state index < -0.39 is 0 Å². The van der Waals surface area contributed by atoms with Gasteiger partial charge in [0.15, 0.2) is 0 Å². The van der Waals surface area contributed by atoms with Crippen LogP contribution in [0.5, 0.6) is 5.75 Å². The summed E-state index contributed by atoms with van der Waals surface area (Å²) in [6, 6.07) is 6.06. The van der Waals surface area contributed by atoms with Gasteiger partial charge in [-0.25, -0.2) is 0 Å². The van der Waals surface area contributed by atoms with Crippen molar-refractivity contribution in [3.8, 4) is 5.75 Å². The molecule has 6 nitrogen and oxygen atoms in total. The quantitative estimate of drug-likeness (QED) is 0.801. The van der Waals surface area contributed by atoms with Crippen LogP contribution in [-0.2, 0) is 4.79 Å². The van der Waals surface area contributed by atoms with Crippen LogP contribution in [0.25, 0.3) is 0 Å². The summed E-state index contributed by atoms with van der Waals surface area (Å²) >= 11 is 0. The maximum atomic E-state index is 12.1. The number of ether oxygens (including phenoxy) is 1. The molecule has 1 amide bonds. The molecule has 6 heteroatoms. The third-order valence-corrected chi connectivity index (χ3v) is 4.96. The minimum absolute atomic E-state index is 0.00953. The van der Waals surface area contributed by atoms with Gasteiger partial charge in [-0.15, -0.1) is 0 Å². The number of rotatable bonds is 5. The van der Waals surface area contributed by atoms with Crippen LogP contribution >= 0.6 is 0 Å². The molecule has 0 saturated carbocycles. The number of nitrogens with zero attached hydrogens (tertiary/aromatic N) is 2. The van der Waals surface area contributed by atoms with E-state index >= 15 is 0 Å². The molecule has 2 aliphatic rings. The summed E-state index contributed by atoms with van der Waals surface area (Å²) in [5.74, 6) is 1.00. The first-order valence-corrected chi connectivity index (χ1v) is 8.86. The fourth-order valence-corrected chi connectivity index (χ4v) is 3.71. The van der Waals surface area contributed by atoms with Crippen LogP contribution in [0, 0.1) is 0 Å². The molecule has 2 saturated heterocycles. The maximum absolute atomic E-state index is 12.1. The largest absolute Gasteiger partial charge is 0.491 e. The summed E-state index contributed by atoms with van der Waals surface area (Å²) in [7, 11) is 0. The molecule has 0 radical (unpaired) electrons. The SMILES string of the molecule is Nc1cc(OCCO)ccc1N1CCC(N2CCCCC2=O)CC1. The Bertz CT molecular complexity index is 571. The van der Waals surface area contributed by atoms with Gasteiger partial charge in [0.1, 0.15) is 12.4 Å². The molecule has 1 aromatic rings. The van der Waals surface area contributed by atoms with Gasteiger partial charge in [0.25, 0.3) is 0 Å². The molecule has 0 atom stereocenters. The van der Waals surface area contributed by atoms with E-state index in [4.69, 9.17) is 15.6 Å². The number of carbonyl (C=O) groups excluding carboxylic acids is 1.